The zero-order valence-electron chi connectivity index (χ0n) is 10.7. The van der Waals surface area contributed by atoms with Gasteiger partial charge in [0.05, 0.1) is 18.3 Å². The third kappa shape index (κ3) is 3.02. The van der Waals surface area contributed by atoms with Gasteiger partial charge in [-0.15, -0.1) is 0 Å². The molecule has 0 aromatic carbocycles. The Morgan fingerprint density at radius 2 is 2.17 bits per heavy atom. The third-order valence-electron chi connectivity index (χ3n) is 4.08. The van der Waals surface area contributed by atoms with Gasteiger partial charge in [-0.1, -0.05) is 0 Å². The fourth-order valence-electron chi connectivity index (χ4n) is 2.83. The van der Waals surface area contributed by atoms with Crippen LogP contribution >= 0.6 is 0 Å². The summed E-state index contributed by atoms with van der Waals surface area (Å²) >= 11 is 0. The molecule has 2 saturated heterocycles. The molecule has 3 fully saturated rings. The lowest BCUT2D eigenvalue weighted by Gasteiger charge is -2.32. The van der Waals surface area contributed by atoms with Gasteiger partial charge in [-0.25, -0.2) is 0 Å². The molecule has 0 aromatic rings. The number of piperidine rings is 1. The molecule has 1 amide bonds. The van der Waals surface area contributed by atoms with Crippen molar-refractivity contribution in [1.82, 2.24) is 10.6 Å². The number of hydrogen-bond acceptors (Lipinski definition) is 4. The molecular weight excluding hydrogens is 232 g/mol. The van der Waals surface area contributed by atoms with Crippen LogP contribution in [0.2, 0.25) is 0 Å². The molecule has 2 heterocycles. The summed E-state index contributed by atoms with van der Waals surface area (Å²) in [7, 11) is 0. The molecule has 3 aliphatic rings. The number of carbonyl (C=O) groups is 1. The highest BCUT2D eigenvalue weighted by Crippen LogP contribution is 2.35. The second-order valence-corrected chi connectivity index (χ2v) is 5.72. The number of carbonyl (C=O) groups excluding carboxylic acids is 1. The van der Waals surface area contributed by atoms with Crippen LogP contribution in [0, 0.1) is 0 Å². The van der Waals surface area contributed by atoms with Crippen LogP contribution in [0.5, 0.6) is 0 Å². The summed E-state index contributed by atoms with van der Waals surface area (Å²) in [5, 5.41) is 6.28. The molecule has 5 heteroatoms. The summed E-state index contributed by atoms with van der Waals surface area (Å²) in [5.74, 6) is 0.0174. The van der Waals surface area contributed by atoms with Crippen molar-refractivity contribution in [2.75, 3.05) is 26.3 Å². The molecule has 18 heavy (non-hydrogen) atoms. The van der Waals surface area contributed by atoms with Crippen LogP contribution in [0.25, 0.3) is 0 Å². The molecular formula is C13H22N2O3. The Morgan fingerprint density at radius 1 is 1.39 bits per heavy atom. The van der Waals surface area contributed by atoms with E-state index in [1.165, 1.54) is 0 Å². The van der Waals surface area contributed by atoms with Crippen LogP contribution in [0.3, 0.4) is 0 Å². The topological polar surface area (TPSA) is 59.6 Å². The van der Waals surface area contributed by atoms with Crippen molar-refractivity contribution >= 4 is 5.91 Å². The molecule has 0 aromatic heterocycles. The third-order valence-corrected chi connectivity index (χ3v) is 4.08. The first-order chi connectivity index (χ1) is 8.76. The minimum atomic E-state index is 0.0168. The molecule has 0 bridgehead atoms. The molecule has 0 radical (unpaired) electrons. The zero-order chi connectivity index (χ0) is 12.4. The molecule has 2 aliphatic heterocycles. The Bertz CT molecular complexity index is 311. The van der Waals surface area contributed by atoms with Crippen molar-refractivity contribution in [1.29, 1.82) is 0 Å². The number of hydrogen-bond donors (Lipinski definition) is 2. The van der Waals surface area contributed by atoms with Crippen LogP contribution in [0.4, 0.5) is 0 Å². The molecule has 1 unspecified atom stereocenters. The quantitative estimate of drug-likeness (QED) is 0.752. The standard InChI is InChI=1S/C13H22N2O3/c16-12(15-10-1-2-10)9-17-11-7-13(18-8-11)3-5-14-6-4-13/h10-11,14H,1-9H2,(H,15,16). The van der Waals surface area contributed by atoms with E-state index in [0.717, 1.165) is 45.2 Å². The predicted octanol–water partition coefficient (Wildman–Crippen LogP) is 0.193. The van der Waals surface area contributed by atoms with Crippen molar-refractivity contribution < 1.29 is 14.3 Å². The molecule has 2 N–H and O–H groups in total. The summed E-state index contributed by atoms with van der Waals surface area (Å²) in [4.78, 5) is 11.5. The van der Waals surface area contributed by atoms with Crippen LogP contribution < -0.4 is 10.6 Å². The first-order valence-corrected chi connectivity index (χ1v) is 7.01. The van der Waals surface area contributed by atoms with Crippen LogP contribution in [0.15, 0.2) is 0 Å². The minimum Gasteiger partial charge on any atom is -0.372 e. The number of ether oxygens (including phenoxy) is 2. The average molecular weight is 254 g/mol. The maximum Gasteiger partial charge on any atom is 0.246 e. The maximum atomic E-state index is 11.5. The Balaban J connectivity index is 1.40. The van der Waals surface area contributed by atoms with E-state index in [2.05, 4.69) is 10.6 Å². The zero-order valence-corrected chi connectivity index (χ0v) is 10.7. The van der Waals surface area contributed by atoms with E-state index >= 15 is 0 Å². The number of rotatable bonds is 4. The van der Waals surface area contributed by atoms with E-state index in [9.17, 15) is 4.79 Å². The van der Waals surface area contributed by atoms with E-state index in [4.69, 9.17) is 9.47 Å². The largest absolute Gasteiger partial charge is 0.372 e. The summed E-state index contributed by atoms with van der Waals surface area (Å²) < 4.78 is 11.6. The van der Waals surface area contributed by atoms with E-state index in [1.807, 2.05) is 0 Å². The summed E-state index contributed by atoms with van der Waals surface area (Å²) in [5.41, 5.74) is 0.0168. The van der Waals surface area contributed by atoms with Crippen LogP contribution in [0.1, 0.15) is 32.1 Å². The molecule has 3 rings (SSSR count). The molecule has 102 valence electrons. The van der Waals surface area contributed by atoms with Gasteiger partial charge in [0.1, 0.15) is 6.61 Å². The first-order valence-electron chi connectivity index (χ1n) is 7.01. The highest BCUT2D eigenvalue weighted by Gasteiger charge is 2.41. The molecule has 1 spiro atoms. The van der Waals surface area contributed by atoms with Crippen molar-refractivity contribution in [3.05, 3.63) is 0 Å². The minimum absolute atomic E-state index is 0.0168. The lowest BCUT2D eigenvalue weighted by molar-refractivity contribution is -0.127. The maximum absolute atomic E-state index is 11.5. The summed E-state index contributed by atoms with van der Waals surface area (Å²) in [6, 6.07) is 0.414. The van der Waals surface area contributed by atoms with Gasteiger partial charge in [0.15, 0.2) is 0 Å². The van der Waals surface area contributed by atoms with Crippen molar-refractivity contribution in [3.8, 4) is 0 Å². The van der Waals surface area contributed by atoms with Gasteiger partial charge in [-0.05, 0) is 38.8 Å². The average Bonchev–Trinajstić information content (AvgIpc) is 3.10. The van der Waals surface area contributed by atoms with Gasteiger partial charge >= 0.3 is 0 Å². The normalized spacial score (nSPS) is 30.6. The highest BCUT2D eigenvalue weighted by atomic mass is 16.6. The SMILES string of the molecule is O=C(COC1COC2(CCNCC2)C1)NC1CC1. The van der Waals surface area contributed by atoms with Crippen molar-refractivity contribution in [2.45, 2.75) is 49.9 Å². The van der Waals surface area contributed by atoms with Crippen molar-refractivity contribution in [3.63, 3.8) is 0 Å². The molecule has 1 atom stereocenters. The van der Waals surface area contributed by atoms with Gasteiger partial charge < -0.3 is 20.1 Å². The van der Waals surface area contributed by atoms with E-state index < -0.39 is 0 Å². The Morgan fingerprint density at radius 3 is 2.89 bits per heavy atom. The monoisotopic (exact) mass is 254 g/mol. The molecule has 1 saturated carbocycles. The van der Waals surface area contributed by atoms with E-state index in [0.29, 0.717) is 12.6 Å². The fourth-order valence-corrected chi connectivity index (χ4v) is 2.83. The van der Waals surface area contributed by atoms with Gasteiger partial charge in [-0.3, -0.25) is 4.79 Å². The van der Waals surface area contributed by atoms with Gasteiger partial charge in [0.2, 0.25) is 5.91 Å². The Hall–Kier alpha value is -0.650. The molecule has 5 nitrogen and oxygen atoms in total. The lowest BCUT2D eigenvalue weighted by Crippen LogP contribution is -2.41. The lowest BCUT2D eigenvalue weighted by atomic mass is 9.89. The predicted molar refractivity (Wildman–Crippen MR) is 66.3 cm³/mol. The highest BCUT2D eigenvalue weighted by molar-refractivity contribution is 5.77. The Kier molecular flexibility index (Phi) is 3.54. The second-order valence-electron chi connectivity index (χ2n) is 5.72. The van der Waals surface area contributed by atoms with Gasteiger partial charge in [-0.2, -0.15) is 0 Å². The first kappa shape index (κ1) is 12.4. The smallest absolute Gasteiger partial charge is 0.246 e. The van der Waals surface area contributed by atoms with E-state index in [-0.39, 0.29) is 24.2 Å². The molecule has 1 aliphatic carbocycles. The van der Waals surface area contributed by atoms with Gasteiger partial charge in [0, 0.05) is 12.5 Å². The summed E-state index contributed by atoms with van der Waals surface area (Å²) in [6.45, 7) is 2.86. The van der Waals surface area contributed by atoms with Crippen molar-refractivity contribution in [2.24, 2.45) is 0 Å². The Labute approximate surface area is 108 Å². The second kappa shape index (κ2) is 5.15. The van der Waals surface area contributed by atoms with E-state index in [1.54, 1.807) is 0 Å². The number of nitrogens with one attached hydrogen (secondary N) is 2. The number of amides is 1. The summed E-state index contributed by atoms with van der Waals surface area (Å²) in [6.07, 6.45) is 5.38. The van der Waals surface area contributed by atoms with Gasteiger partial charge in [0.25, 0.3) is 0 Å². The fraction of sp³-hybridized carbons (Fsp3) is 0.923. The van der Waals surface area contributed by atoms with Crippen LogP contribution in [-0.2, 0) is 14.3 Å². The van der Waals surface area contributed by atoms with Crippen LogP contribution in [-0.4, -0.2) is 50.0 Å².